The number of piperazine rings is 1. The van der Waals surface area contributed by atoms with Crippen molar-refractivity contribution in [3.63, 3.8) is 0 Å². The minimum atomic E-state index is -0.571. The molecule has 1 aromatic heterocycles. The van der Waals surface area contributed by atoms with Crippen LogP contribution in [0.5, 0.6) is 5.75 Å². The fraction of sp³-hybridized carbons (Fsp3) is 0.294. The molecule has 1 aliphatic rings. The van der Waals surface area contributed by atoms with E-state index in [4.69, 9.17) is 4.74 Å². The molecule has 0 saturated carbocycles. The van der Waals surface area contributed by atoms with Gasteiger partial charge >= 0.3 is 0 Å². The topological polar surface area (TPSA) is 54.5 Å². The molecular weight excluding hydrogens is 297 g/mol. The van der Waals surface area contributed by atoms with Crippen molar-refractivity contribution < 1.29 is 13.9 Å². The molecule has 0 aliphatic carbocycles. The zero-order chi connectivity index (χ0) is 16.2. The largest absolute Gasteiger partial charge is 0.497 e. The van der Waals surface area contributed by atoms with Gasteiger partial charge in [0.25, 0.3) is 5.91 Å². The molecule has 3 rings (SSSR count). The smallest absolute Gasteiger partial charge is 0.257 e. The summed E-state index contributed by atoms with van der Waals surface area (Å²) in [5.41, 5.74) is 0.989. The van der Waals surface area contributed by atoms with Gasteiger partial charge in [-0.2, -0.15) is 0 Å². The minimum Gasteiger partial charge on any atom is -0.497 e. The molecule has 1 aromatic carbocycles. The standard InChI is InChI=1S/C17H18FN3O2/c1-23-13-4-5-14(15(18)9-13)17(22)21-8-7-20-11-16(21)12-3-2-6-19-10-12/h2-6,9-10,16,20H,7-8,11H2,1H3. The van der Waals surface area contributed by atoms with E-state index in [1.807, 2.05) is 12.1 Å². The molecule has 5 nitrogen and oxygen atoms in total. The fourth-order valence-electron chi connectivity index (χ4n) is 2.77. The van der Waals surface area contributed by atoms with Crippen molar-refractivity contribution in [2.75, 3.05) is 26.7 Å². The first-order chi connectivity index (χ1) is 11.2. The van der Waals surface area contributed by atoms with Gasteiger partial charge in [-0.3, -0.25) is 9.78 Å². The molecular formula is C17H18FN3O2. The molecule has 1 saturated heterocycles. The van der Waals surface area contributed by atoms with E-state index in [1.165, 1.54) is 19.2 Å². The van der Waals surface area contributed by atoms with E-state index in [9.17, 15) is 9.18 Å². The fourth-order valence-corrected chi connectivity index (χ4v) is 2.77. The Balaban J connectivity index is 1.90. The number of carbonyl (C=O) groups is 1. The second-order valence-corrected chi connectivity index (χ2v) is 5.35. The van der Waals surface area contributed by atoms with E-state index in [1.54, 1.807) is 23.4 Å². The predicted octanol–water partition coefficient (Wildman–Crippen LogP) is 2.02. The number of rotatable bonds is 3. The van der Waals surface area contributed by atoms with Crippen LogP contribution in [-0.4, -0.2) is 42.5 Å². The Morgan fingerprint density at radius 2 is 2.30 bits per heavy atom. The molecule has 0 bridgehead atoms. The van der Waals surface area contributed by atoms with Crippen LogP contribution in [0.1, 0.15) is 22.0 Å². The lowest BCUT2D eigenvalue weighted by Gasteiger charge is -2.36. The maximum absolute atomic E-state index is 14.2. The molecule has 1 fully saturated rings. The van der Waals surface area contributed by atoms with E-state index in [0.717, 1.165) is 5.56 Å². The van der Waals surface area contributed by atoms with Gasteiger partial charge in [-0.1, -0.05) is 6.07 Å². The number of ether oxygens (including phenoxy) is 1. The van der Waals surface area contributed by atoms with Crippen molar-refractivity contribution in [2.24, 2.45) is 0 Å². The van der Waals surface area contributed by atoms with E-state index in [-0.39, 0.29) is 17.5 Å². The number of carbonyl (C=O) groups excluding carboxylic acids is 1. The zero-order valence-corrected chi connectivity index (χ0v) is 12.8. The van der Waals surface area contributed by atoms with Gasteiger partial charge in [-0.05, 0) is 23.8 Å². The summed E-state index contributed by atoms with van der Waals surface area (Å²) >= 11 is 0. The highest BCUT2D eigenvalue weighted by Gasteiger charge is 2.30. The molecule has 1 unspecified atom stereocenters. The van der Waals surface area contributed by atoms with Crippen molar-refractivity contribution in [2.45, 2.75) is 6.04 Å². The van der Waals surface area contributed by atoms with E-state index >= 15 is 0 Å². The molecule has 0 spiro atoms. The molecule has 0 radical (unpaired) electrons. The number of hydrogen-bond donors (Lipinski definition) is 1. The Bertz CT molecular complexity index is 693. The van der Waals surface area contributed by atoms with Crippen molar-refractivity contribution in [1.29, 1.82) is 0 Å². The molecule has 2 heterocycles. The highest BCUT2D eigenvalue weighted by Crippen LogP contribution is 2.25. The van der Waals surface area contributed by atoms with Gasteiger partial charge in [-0.15, -0.1) is 0 Å². The molecule has 1 aliphatic heterocycles. The van der Waals surface area contributed by atoms with Crippen molar-refractivity contribution in [3.8, 4) is 5.75 Å². The van der Waals surface area contributed by atoms with Gasteiger partial charge in [-0.25, -0.2) is 4.39 Å². The van der Waals surface area contributed by atoms with Gasteiger partial charge in [0.1, 0.15) is 11.6 Å². The lowest BCUT2D eigenvalue weighted by molar-refractivity contribution is 0.0629. The number of hydrogen-bond acceptors (Lipinski definition) is 4. The average Bonchev–Trinajstić information content (AvgIpc) is 2.62. The molecule has 2 aromatic rings. The predicted molar refractivity (Wildman–Crippen MR) is 83.8 cm³/mol. The summed E-state index contributed by atoms with van der Waals surface area (Å²) in [6.07, 6.45) is 3.43. The van der Waals surface area contributed by atoms with Gasteiger partial charge < -0.3 is 15.0 Å². The summed E-state index contributed by atoms with van der Waals surface area (Å²) in [7, 11) is 1.46. The molecule has 1 atom stereocenters. The zero-order valence-electron chi connectivity index (χ0n) is 12.8. The summed E-state index contributed by atoms with van der Waals surface area (Å²) in [6, 6.07) is 7.90. The third-order valence-corrected chi connectivity index (χ3v) is 3.98. The first-order valence-corrected chi connectivity index (χ1v) is 7.46. The van der Waals surface area contributed by atoms with Crippen LogP contribution in [0.15, 0.2) is 42.7 Å². The number of methoxy groups -OCH3 is 1. The third kappa shape index (κ3) is 3.17. The number of halogens is 1. The second kappa shape index (κ2) is 6.75. The van der Waals surface area contributed by atoms with E-state index < -0.39 is 5.82 Å². The lowest BCUT2D eigenvalue weighted by Crippen LogP contribution is -2.48. The van der Waals surface area contributed by atoms with Gasteiger partial charge in [0.15, 0.2) is 0 Å². The number of nitrogens with zero attached hydrogens (tertiary/aromatic N) is 2. The number of benzene rings is 1. The van der Waals surface area contributed by atoms with Gasteiger partial charge in [0.2, 0.25) is 0 Å². The number of amides is 1. The Morgan fingerprint density at radius 1 is 1.43 bits per heavy atom. The average molecular weight is 315 g/mol. The van der Waals surface area contributed by atoms with Crippen LogP contribution in [0.4, 0.5) is 4.39 Å². The van der Waals surface area contributed by atoms with Crippen molar-refractivity contribution in [3.05, 3.63) is 59.7 Å². The monoisotopic (exact) mass is 315 g/mol. The lowest BCUT2D eigenvalue weighted by atomic mass is 10.0. The second-order valence-electron chi connectivity index (χ2n) is 5.35. The Hall–Kier alpha value is -2.47. The van der Waals surface area contributed by atoms with Crippen molar-refractivity contribution >= 4 is 5.91 Å². The molecule has 1 N–H and O–H groups in total. The van der Waals surface area contributed by atoms with Gasteiger partial charge in [0.05, 0.1) is 18.7 Å². The molecule has 23 heavy (non-hydrogen) atoms. The van der Waals surface area contributed by atoms with E-state index in [0.29, 0.717) is 25.4 Å². The summed E-state index contributed by atoms with van der Waals surface area (Å²) < 4.78 is 19.2. The quantitative estimate of drug-likeness (QED) is 0.941. The number of aromatic nitrogens is 1. The third-order valence-electron chi connectivity index (χ3n) is 3.98. The maximum Gasteiger partial charge on any atom is 0.257 e. The van der Waals surface area contributed by atoms with Crippen molar-refractivity contribution in [1.82, 2.24) is 15.2 Å². The van der Waals surface area contributed by atoms with Crippen LogP contribution >= 0.6 is 0 Å². The Morgan fingerprint density at radius 3 is 3.00 bits per heavy atom. The van der Waals surface area contributed by atoms with Gasteiger partial charge in [0, 0.05) is 38.1 Å². The van der Waals surface area contributed by atoms with Crippen LogP contribution in [0.2, 0.25) is 0 Å². The highest BCUT2D eigenvalue weighted by atomic mass is 19.1. The Kier molecular flexibility index (Phi) is 4.52. The molecule has 1 amide bonds. The first-order valence-electron chi connectivity index (χ1n) is 7.46. The maximum atomic E-state index is 14.2. The summed E-state index contributed by atoms with van der Waals surface area (Å²) in [4.78, 5) is 18.6. The normalized spacial score (nSPS) is 17.8. The SMILES string of the molecule is COc1ccc(C(=O)N2CCNCC2c2cccnc2)c(F)c1. The van der Waals surface area contributed by atoms with Crippen LogP contribution in [-0.2, 0) is 0 Å². The van der Waals surface area contributed by atoms with Crippen LogP contribution in [0, 0.1) is 5.82 Å². The number of pyridine rings is 1. The van der Waals surface area contributed by atoms with Crippen LogP contribution in [0.3, 0.4) is 0 Å². The molecule has 120 valence electrons. The van der Waals surface area contributed by atoms with E-state index in [2.05, 4.69) is 10.3 Å². The van der Waals surface area contributed by atoms with Crippen LogP contribution < -0.4 is 10.1 Å². The first kappa shape index (κ1) is 15.4. The summed E-state index contributed by atoms with van der Waals surface area (Å²) in [5, 5.41) is 3.27. The summed E-state index contributed by atoms with van der Waals surface area (Å²) in [5.74, 6) is -0.499. The minimum absolute atomic E-state index is 0.0570. The van der Waals surface area contributed by atoms with Crippen LogP contribution in [0.25, 0.3) is 0 Å². The highest BCUT2D eigenvalue weighted by molar-refractivity contribution is 5.95. The molecule has 6 heteroatoms. The number of nitrogens with one attached hydrogen (secondary N) is 1. The summed E-state index contributed by atoms with van der Waals surface area (Å²) in [6.45, 7) is 1.82. The Labute approximate surface area is 134 Å².